The van der Waals surface area contributed by atoms with Crippen LogP contribution in [-0.4, -0.2) is 27.5 Å². The third-order valence-electron chi connectivity index (χ3n) is 4.01. The van der Waals surface area contributed by atoms with Crippen LogP contribution in [0, 0.1) is 12.7 Å². The van der Waals surface area contributed by atoms with Crippen molar-refractivity contribution in [2.24, 2.45) is 0 Å². The summed E-state index contributed by atoms with van der Waals surface area (Å²) in [6.07, 6.45) is 1.74. The molecule has 1 unspecified atom stereocenters. The van der Waals surface area contributed by atoms with E-state index in [9.17, 15) is 14.0 Å². The van der Waals surface area contributed by atoms with Crippen molar-refractivity contribution in [1.29, 1.82) is 0 Å². The van der Waals surface area contributed by atoms with E-state index in [0.717, 1.165) is 5.56 Å². The number of esters is 1. The molecule has 1 N–H and O–H groups in total. The number of ether oxygens (including phenoxy) is 1. The van der Waals surface area contributed by atoms with Gasteiger partial charge in [-0.05, 0) is 49.7 Å². The van der Waals surface area contributed by atoms with Crippen molar-refractivity contribution in [2.45, 2.75) is 20.0 Å². The van der Waals surface area contributed by atoms with Gasteiger partial charge in [-0.15, -0.1) is 0 Å². The Balaban J connectivity index is 1.70. The van der Waals surface area contributed by atoms with Crippen LogP contribution in [0.5, 0.6) is 0 Å². The Labute approximate surface area is 155 Å². The molecule has 1 atom stereocenters. The molecular formula is C20H18FN3O3. The van der Waals surface area contributed by atoms with Crippen LogP contribution in [0.3, 0.4) is 0 Å². The second-order valence-electron chi connectivity index (χ2n) is 5.98. The molecule has 0 saturated carbocycles. The monoisotopic (exact) mass is 367 g/mol. The number of rotatable bonds is 5. The van der Waals surface area contributed by atoms with E-state index in [1.54, 1.807) is 12.1 Å². The van der Waals surface area contributed by atoms with Gasteiger partial charge in [-0.25, -0.2) is 14.2 Å². The molecule has 6 nitrogen and oxygen atoms in total. The Morgan fingerprint density at radius 1 is 1.15 bits per heavy atom. The lowest BCUT2D eigenvalue weighted by Crippen LogP contribution is -2.30. The van der Waals surface area contributed by atoms with Gasteiger partial charge in [0.05, 0.1) is 12.5 Å². The smallest absolute Gasteiger partial charge is 0.357 e. The number of benzene rings is 2. The maximum Gasteiger partial charge on any atom is 0.357 e. The summed E-state index contributed by atoms with van der Waals surface area (Å²) in [6.45, 7) is 3.36. The second-order valence-corrected chi connectivity index (χ2v) is 5.98. The zero-order chi connectivity index (χ0) is 19.4. The first-order valence-corrected chi connectivity index (χ1v) is 8.31. The van der Waals surface area contributed by atoms with Crippen molar-refractivity contribution in [1.82, 2.24) is 9.55 Å². The van der Waals surface area contributed by atoms with Crippen LogP contribution in [0.2, 0.25) is 0 Å². The zero-order valence-electron chi connectivity index (χ0n) is 14.8. The lowest BCUT2D eigenvalue weighted by Gasteiger charge is -2.15. The molecule has 0 bridgehead atoms. The summed E-state index contributed by atoms with van der Waals surface area (Å²) in [5, 5.41) is 2.73. The number of nitrogens with zero attached hydrogens (tertiary/aromatic N) is 2. The first kappa shape index (κ1) is 18.3. The van der Waals surface area contributed by atoms with Crippen molar-refractivity contribution < 1.29 is 18.7 Å². The predicted molar refractivity (Wildman–Crippen MR) is 98.2 cm³/mol. The van der Waals surface area contributed by atoms with E-state index in [0.29, 0.717) is 11.4 Å². The highest BCUT2D eigenvalue weighted by Gasteiger charge is 2.22. The van der Waals surface area contributed by atoms with Gasteiger partial charge in [0.15, 0.2) is 11.8 Å². The van der Waals surface area contributed by atoms with Crippen molar-refractivity contribution in [3.05, 3.63) is 78.1 Å². The number of carbonyl (C=O) groups excluding carboxylic acids is 2. The Morgan fingerprint density at radius 3 is 2.56 bits per heavy atom. The number of amides is 1. The molecule has 138 valence electrons. The number of aromatic nitrogens is 2. The number of imidazole rings is 1. The summed E-state index contributed by atoms with van der Waals surface area (Å²) in [5.74, 6) is -1.53. The molecule has 3 rings (SSSR count). The van der Waals surface area contributed by atoms with Gasteiger partial charge in [0.2, 0.25) is 0 Å². The summed E-state index contributed by atoms with van der Waals surface area (Å²) in [4.78, 5) is 28.7. The van der Waals surface area contributed by atoms with Crippen LogP contribution in [-0.2, 0) is 9.53 Å². The van der Waals surface area contributed by atoms with Crippen molar-refractivity contribution in [3.8, 4) is 5.69 Å². The normalized spacial score (nSPS) is 11.7. The number of hydrogen-bond acceptors (Lipinski definition) is 4. The molecule has 27 heavy (non-hydrogen) atoms. The fraction of sp³-hybridized carbons (Fsp3) is 0.150. The van der Waals surface area contributed by atoms with E-state index in [1.807, 2.05) is 19.1 Å². The van der Waals surface area contributed by atoms with Gasteiger partial charge in [-0.1, -0.05) is 18.2 Å². The molecule has 0 saturated heterocycles. The molecule has 0 aliphatic heterocycles. The quantitative estimate of drug-likeness (QED) is 0.701. The summed E-state index contributed by atoms with van der Waals surface area (Å²) in [6, 6.07) is 12.9. The van der Waals surface area contributed by atoms with Crippen molar-refractivity contribution >= 4 is 17.6 Å². The highest BCUT2D eigenvalue weighted by Crippen LogP contribution is 2.16. The zero-order valence-corrected chi connectivity index (χ0v) is 14.8. The molecule has 0 aliphatic rings. The maximum atomic E-state index is 13.1. The number of hydrogen-bond donors (Lipinski definition) is 1. The largest absolute Gasteiger partial charge is 0.448 e. The fourth-order valence-corrected chi connectivity index (χ4v) is 2.48. The first-order valence-electron chi connectivity index (χ1n) is 8.31. The predicted octanol–water partition coefficient (Wildman–Crippen LogP) is 3.50. The number of carbonyl (C=O) groups is 2. The van der Waals surface area contributed by atoms with Crippen LogP contribution >= 0.6 is 0 Å². The molecule has 3 aromatic rings. The minimum atomic E-state index is -1.01. The Bertz CT molecular complexity index is 967. The molecule has 0 spiro atoms. The number of halogens is 1. The molecule has 0 fully saturated rings. The van der Waals surface area contributed by atoms with E-state index in [4.69, 9.17) is 4.74 Å². The van der Waals surface area contributed by atoms with E-state index < -0.39 is 18.0 Å². The van der Waals surface area contributed by atoms with E-state index in [2.05, 4.69) is 10.3 Å². The van der Waals surface area contributed by atoms with Crippen LogP contribution in [0.1, 0.15) is 23.0 Å². The van der Waals surface area contributed by atoms with Crippen LogP contribution in [0.15, 0.2) is 61.1 Å². The van der Waals surface area contributed by atoms with E-state index >= 15 is 0 Å². The minimum Gasteiger partial charge on any atom is -0.448 e. The molecular weight excluding hydrogens is 349 g/mol. The highest BCUT2D eigenvalue weighted by molar-refractivity contribution is 5.97. The third kappa shape index (κ3) is 4.20. The Hall–Kier alpha value is -3.48. The molecule has 1 amide bonds. The molecule has 7 heteroatoms. The molecule has 1 heterocycles. The van der Waals surface area contributed by atoms with Gasteiger partial charge < -0.3 is 10.1 Å². The molecule has 2 aromatic carbocycles. The molecule has 1 aromatic heterocycles. The molecule has 0 radical (unpaired) electrons. The van der Waals surface area contributed by atoms with Crippen LogP contribution in [0.4, 0.5) is 10.1 Å². The average molecular weight is 367 g/mol. The lowest BCUT2D eigenvalue weighted by molar-refractivity contribution is -0.123. The van der Waals surface area contributed by atoms with Gasteiger partial charge >= 0.3 is 5.97 Å². The SMILES string of the molecule is Cc1ccccc1NC(=O)C(C)OC(=O)c1cncn1-c1ccc(F)cc1. The van der Waals surface area contributed by atoms with Gasteiger partial charge in [-0.3, -0.25) is 9.36 Å². The van der Waals surface area contributed by atoms with Gasteiger partial charge in [-0.2, -0.15) is 0 Å². The number of nitrogens with one attached hydrogen (secondary N) is 1. The second kappa shape index (κ2) is 7.82. The third-order valence-corrected chi connectivity index (χ3v) is 4.01. The van der Waals surface area contributed by atoms with Crippen molar-refractivity contribution in [3.63, 3.8) is 0 Å². The summed E-state index contributed by atoms with van der Waals surface area (Å²) in [7, 11) is 0. The number of anilines is 1. The van der Waals surface area contributed by atoms with Gasteiger partial charge in [0.25, 0.3) is 5.91 Å². The number of aryl methyl sites for hydroxylation is 1. The lowest BCUT2D eigenvalue weighted by atomic mass is 10.2. The molecule has 0 aliphatic carbocycles. The van der Waals surface area contributed by atoms with E-state index in [1.165, 1.54) is 48.3 Å². The van der Waals surface area contributed by atoms with Gasteiger partial charge in [0.1, 0.15) is 5.82 Å². The van der Waals surface area contributed by atoms with Gasteiger partial charge in [0, 0.05) is 11.4 Å². The Kier molecular flexibility index (Phi) is 5.30. The first-order chi connectivity index (χ1) is 13.0. The minimum absolute atomic E-state index is 0.136. The fourth-order valence-electron chi connectivity index (χ4n) is 2.48. The standard InChI is InChI=1S/C20H18FN3O3/c1-13-5-3-4-6-17(13)23-19(25)14(2)27-20(26)18-11-22-12-24(18)16-9-7-15(21)8-10-16/h3-12,14H,1-2H3,(H,23,25). The summed E-state index contributed by atoms with van der Waals surface area (Å²) < 4.78 is 19.8. The number of para-hydroxylation sites is 1. The maximum absolute atomic E-state index is 13.1. The Morgan fingerprint density at radius 2 is 1.85 bits per heavy atom. The van der Waals surface area contributed by atoms with E-state index in [-0.39, 0.29) is 11.5 Å². The summed E-state index contributed by atoms with van der Waals surface area (Å²) in [5.41, 5.74) is 2.25. The van der Waals surface area contributed by atoms with Crippen LogP contribution in [0.25, 0.3) is 5.69 Å². The topological polar surface area (TPSA) is 73.2 Å². The van der Waals surface area contributed by atoms with Crippen molar-refractivity contribution in [2.75, 3.05) is 5.32 Å². The summed E-state index contributed by atoms with van der Waals surface area (Å²) >= 11 is 0. The average Bonchev–Trinajstić information content (AvgIpc) is 3.14. The highest BCUT2D eigenvalue weighted by atomic mass is 19.1. The van der Waals surface area contributed by atoms with Crippen LogP contribution < -0.4 is 5.32 Å².